The van der Waals surface area contributed by atoms with Gasteiger partial charge in [-0.3, -0.25) is 0 Å². The van der Waals surface area contributed by atoms with Crippen LogP contribution < -0.4 is 10.1 Å². The highest BCUT2D eigenvalue weighted by Crippen LogP contribution is 2.28. The van der Waals surface area contributed by atoms with Crippen molar-refractivity contribution < 1.29 is 14.3 Å². The van der Waals surface area contributed by atoms with E-state index < -0.39 is 5.97 Å². The van der Waals surface area contributed by atoms with Crippen molar-refractivity contribution in [3.8, 4) is 11.5 Å². The van der Waals surface area contributed by atoms with E-state index in [0.29, 0.717) is 29.9 Å². The second-order valence-corrected chi connectivity index (χ2v) is 7.07. The first-order valence-electron chi connectivity index (χ1n) is 9.23. The maximum absolute atomic E-state index is 11.9. The zero-order valence-corrected chi connectivity index (χ0v) is 15.4. The lowest BCUT2D eigenvalue weighted by molar-refractivity contribution is 0.0452. The number of pyridine rings is 1. The molecule has 1 aromatic carbocycles. The Labute approximate surface area is 154 Å². The van der Waals surface area contributed by atoms with Crippen LogP contribution in [-0.4, -0.2) is 30.6 Å². The van der Waals surface area contributed by atoms with Gasteiger partial charge in [0.25, 0.3) is 0 Å². The van der Waals surface area contributed by atoms with E-state index in [1.165, 1.54) is 18.4 Å². The van der Waals surface area contributed by atoms with Crippen LogP contribution in [0.3, 0.4) is 0 Å². The highest BCUT2D eigenvalue weighted by atomic mass is 16.5. The Bertz CT molecular complexity index is 705. The van der Waals surface area contributed by atoms with Gasteiger partial charge in [0.2, 0.25) is 0 Å². The van der Waals surface area contributed by atoms with Gasteiger partial charge in [0, 0.05) is 0 Å². The first kappa shape index (κ1) is 18.4. The average Bonchev–Trinajstić information content (AvgIpc) is 2.68. The van der Waals surface area contributed by atoms with Gasteiger partial charge in [-0.05, 0) is 67.6 Å². The molecule has 0 radical (unpaired) electrons. The highest BCUT2D eigenvalue weighted by Gasteiger charge is 2.15. The normalized spacial score (nSPS) is 15.0. The monoisotopic (exact) mass is 354 g/mol. The Morgan fingerprint density at radius 1 is 1.12 bits per heavy atom. The number of nitrogens with zero attached hydrogens (tertiary/aromatic N) is 1. The van der Waals surface area contributed by atoms with Crippen LogP contribution in [0.15, 0.2) is 42.6 Å². The molecular formula is C21H26N2O3. The van der Waals surface area contributed by atoms with Crippen molar-refractivity contribution in [3.63, 3.8) is 0 Å². The van der Waals surface area contributed by atoms with Crippen LogP contribution in [0.4, 0.5) is 0 Å². The Morgan fingerprint density at radius 2 is 1.81 bits per heavy atom. The zero-order valence-electron chi connectivity index (χ0n) is 15.4. The number of carbonyl (C=O) groups excluding carboxylic acids is 1. The molecule has 26 heavy (non-hydrogen) atoms. The molecule has 1 saturated heterocycles. The van der Waals surface area contributed by atoms with Crippen LogP contribution in [-0.2, 0) is 4.74 Å². The molecule has 0 saturated carbocycles. The first-order chi connectivity index (χ1) is 12.6. The fraction of sp³-hybridized carbons (Fsp3) is 0.429. The van der Waals surface area contributed by atoms with Gasteiger partial charge < -0.3 is 14.8 Å². The molecule has 5 nitrogen and oxygen atoms in total. The van der Waals surface area contributed by atoms with Crippen molar-refractivity contribution in [1.29, 1.82) is 0 Å². The number of ether oxygens (including phenoxy) is 2. The third kappa shape index (κ3) is 5.05. The summed E-state index contributed by atoms with van der Waals surface area (Å²) in [6.07, 6.45) is 3.91. The molecule has 0 spiro atoms. The molecule has 3 rings (SSSR count). The summed E-state index contributed by atoms with van der Waals surface area (Å²) >= 11 is 0. The minimum Gasteiger partial charge on any atom is -0.461 e. The summed E-state index contributed by atoms with van der Waals surface area (Å²) in [5, 5.41) is 3.39. The molecule has 1 fully saturated rings. The molecule has 0 bridgehead atoms. The van der Waals surface area contributed by atoms with Crippen molar-refractivity contribution >= 4 is 5.97 Å². The second kappa shape index (κ2) is 8.81. The van der Waals surface area contributed by atoms with Gasteiger partial charge >= 0.3 is 5.97 Å². The van der Waals surface area contributed by atoms with E-state index in [4.69, 9.17) is 9.47 Å². The standard InChI is InChI=1S/C21H26N2O3/c1-15(2)14-25-21(24)20-8-7-19(13-23-20)26-18-5-3-16(4-6-18)17-9-11-22-12-10-17/h3-8,13,15,17,22H,9-12,14H2,1-2H3. The number of rotatable bonds is 6. The lowest BCUT2D eigenvalue weighted by Crippen LogP contribution is -2.26. The Morgan fingerprint density at radius 3 is 2.42 bits per heavy atom. The average molecular weight is 354 g/mol. The van der Waals surface area contributed by atoms with E-state index >= 15 is 0 Å². The number of carbonyl (C=O) groups is 1. The van der Waals surface area contributed by atoms with E-state index in [2.05, 4.69) is 22.4 Å². The molecule has 2 heterocycles. The Hall–Kier alpha value is -2.40. The van der Waals surface area contributed by atoms with Crippen molar-refractivity contribution in [1.82, 2.24) is 10.3 Å². The summed E-state index contributed by atoms with van der Waals surface area (Å²) in [4.78, 5) is 16.0. The molecular weight excluding hydrogens is 328 g/mol. The highest BCUT2D eigenvalue weighted by molar-refractivity contribution is 5.87. The fourth-order valence-electron chi connectivity index (χ4n) is 2.98. The van der Waals surface area contributed by atoms with Gasteiger partial charge in [0.15, 0.2) is 0 Å². The molecule has 0 atom stereocenters. The van der Waals surface area contributed by atoms with Crippen LogP contribution in [0.25, 0.3) is 0 Å². The van der Waals surface area contributed by atoms with Crippen LogP contribution >= 0.6 is 0 Å². The quantitative estimate of drug-likeness (QED) is 0.790. The third-order valence-corrected chi connectivity index (χ3v) is 4.42. The van der Waals surface area contributed by atoms with E-state index in [1.807, 2.05) is 26.0 Å². The molecule has 1 aliphatic rings. The predicted molar refractivity (Wildman–Crippen MR) is 101 cm³/mol. The molecule has 1 aliphatic heterocycles. The largest absolute Gasteiger partial charge is 0.461 e. The molecule has 1 N–H and O–H groups in total. The minimum absolute atomic E-state index is 0.291. The molecule has 5 heteroatoms. The molecule has 2 aromatic rings. The predicted octanol–water partition coefficient (Wildman–Crippen LogP) is 4.15. The number of nitrogens with one attached hydrogen (secondary N) is 1. The number of esters is 1. The van der Waals surface area contributed by atoms with Crippen LogP contribution in [0.2, 0.25) is 0 Å². The summed E-state index contributed by atoms with van der Waals surface area (Å²) in [6, 6.07) is 11.6. The van der Waals surface area contributed by atoms with Crippen LogP contribution in [0.1, 0.15) is 48.7 Å². The summed E-state index contributed by atoms with van der Waals surface area (Å²) in [5.41, 5.74) is 1.65. The van der Waals surface area contributed by atoms with Gasteiger partial charge in [-0.1, -0.05) is 26.0 Å². The topological polar surface area (TPSA) is 60.5 Å². The summed E-state index contributed by atoms with van der Waals surface area (Å²) in [6.45, 7) is 6.55. The first-order valence-corrected chi connectivity index (χ1v) is 9.23. The van der Waals surface area contributed by atoms with Gasteiger partial charge in [-0.2, -0.15) is 0 Å². The smallest absolute Gasteiger partial charge is 0.356 e. The van der Waals surface area contributed by atoms with E-state index in [0.717, 1.165) is 18.8 Å². The summed E-state index contributed by atoms with van der Waals surface area (Å²) in [5.74, 6) is 1.88. The van der Waals surface area contributed by atoms with Crippen molar-refractivity contribution in [2.75, 3.05) is 19.7 Å². The number of benzene rings is 1. The third-order valence-electron chi connectivity index (χ3n) is 4.42. The summed E-state index contributed by atoms with van der Waals surface area (Å²) < 4.78 is 11.0. The van der Waals surface area contributed by atoms with E-state index in [-0.39, 0.29) is 0 Å². The number of hydrogen-bond donors (Lipinski definition) is 1. The molecule has 138 valence electrons. The molecule has 0 unspecified atom stereocenters. The number of hydrogen-bond acceptors (Lipinski definition) is 5. The maximum Gasteiger partial charge on any atom is 0.356 e. The Balaban J connectivity index is 1.57. The Kier molecular flexibility index (Phi) is 6.23. The van der Waals surface area contributed by atoms with Gasteiger partial charge in [0.05, 0.1) is 12.8 Å². The minimum atomic E-state index is -0.406. The van der Waals surface area contributed by atoms with Gasteiger partial charge in [0.1, 0.15) is 17.2 Å². The number of aromatic nitrogens is 1. The van der Waals surface area contributed by atoms with Gasteiger partial charge in [-0.15, -0.1) is 0 Å². The molecule has 0 aliphatic carbocycles. The molecule has 0 amide bonds. The van der Waals surface area contributed by atoms with Crippen LogP contribution in [0, 0.1) is 5.92 Å². The number of piperidine rings is 1. The van der Waals surface area contributed by atoms with Crippen molar-refractivity contribution in [2.24, 2.45) is 5.92 Å². The second-order valence-electron chi connectivity index (χ2n) is 7.07. The van der Waals surface area contributed by atoms with Crippen LogP contribution in [0.5, 0.6) is 11.5 Å². The van der Waals surface area contributed by atoms with E-state index in [9.17, 15) is 4.79 Å². The van der Waals surface area contributed by atoms with Crippen molar-refractivity contribution in [3.05, 3.63) is 53.9 Å². The van der Waals surface area contributed by atoms with E-state index in [1.54, 1.807) is 18.3 Å². The zero-order chi connectivity index (χ0) is 18.4. The maximum atomic E-state index is 11.9. The lowest BCUT2D eigenvalue weighted by atomic mass is 9.90. The lowest BCUT2D eigenvalue weighted by Gasteiger charge is -2.23. The molecule has 1 aromatic heterocycles. The summed E-state index contributed by atoms with van der Waals surface area (Å²) in [7, 11) is 0. The van der Waals surface area contributed by atoms with Gasteiger partial charge in [-0.25, -0.2) is 9.78 Å². The van der Waals surface area contributed by atoms with Crippen molar-refractivity contribution in [2.45, 2.75) is 32.6 Å². The SMILES string of the molecule is CC(C)COC(=O)c1ccc(Oc2ccc(C3CCNCC3)cc2)cn1. The fourth-order valence-corrected chi connectivity index (χ4v) is 2.98.